The number of hydrogen-bond acceptors (Lipinski definition) is 2. The lowest BCUT2D eigenvalue weighted by Gasteiger charge is -2.43. The van der Waals surface area contributed by atoms with Crippen molar-refractivity contribution in [3.05, 3.63) is 89.5 Å². The van der Waals surface area contributed by atoms with E-state index in [9.17, 15) is 0 Å². The summed E-state index contributed by atoms with van der Waals surface area (Å²) in [5, 5.41) is 0. The molecule has 0 radical (unpaired) electrons. The van der Waals surface area contributed by atoms with E-state index in [1.807, 2.05) is 0 Å². The third kappa shape index (κ3) is 1.92. The Kier molecular flexibility index (Phi) is 2.79. The molecule has 0 saturated carbocycles. The van der Waals surface area contributed by atoms with Crippen LogP contribution in [0.5, 0.6) is 0 Å². The molecule has 2 atom stereocenters. The summed E-state index contributed by atoms with van der Waals surface area (Å²) < 4.78 is 6.48. The molecule has 2 nitrogen and oxygen atoms in total. The average molecular weight is 299 g/mol. The predicted octanol–water partition coefficient (Wildman–Crippen LogP) is 5.14. The van der Waals surface area contributed by atoms with Gasteiger partial charge < -0.3 is 9.64 Å². The van der Waals surface area contributed by atoms with Gasteiger partial charge in [0, 0.05) is 5.56 Å². The quantitative estimate of drug-likeness (QED) is 0.723. The summed E-state index contributed by atoms with van der Waals surface area (Å²) in [7, 11) is 0. The Balaban J connectivity index is 1.69. The highest BCUT2D eigenvalue weighted by Crippen LogP contribution is 2.47. The number of benzene rings is 2. The van der Waals surface area contributed by atoms with Crippen molar-refractivity contribution in [1.29, 1.82) is 0 Å². The van der Waals surface area contributed by atoms with E-state index in [1.165, 1.54) is 28.1 Å². The number of rotatable bonds is 1. The minimum Gasteiger partial charge on any atom is -0.342 e. The minimum atomic E-state index is -0.0558. The van der Waals surface area contributed by atoms with Gasteiger partial charge in [-0.3, -0.25) is 0 Å². The normalized spacial score (nSPS) is 24.0. The first-order chi connectivity index (χ1) is 11.4. The fourth-order valence-corrected chi connectivity index (χ4v) is 3.70. The van der Waals surface area contributed by atoms with Crippen molar-refractivity contribution < 1.29 is 4.74 Å². The molecule has 5 rings (SSSR count). The maximum absolute atomic E-state index is 6.48. The van der Waals surface area contributed by atoms with Gasteiger partial charge in [-0.2, -0.15) is 0 Å². The molecule has 2 heterocycles. The van der Waals surface area contributed by atoms with Crippen molar-refractivity contribution in [1.82, 2.24) is 0 Å². The van der Waals surface area contributed by atoms with Crippen LogP contribution in [-0.4, -0.2) is 6.23 Å². The molecule has 1 aliphatic carbocycles. The van der Waals surface area contributed by atoms with Crippen molar-refractivity contribution in [3.63, 3.8) is 0 Å². The third-order valence-electron chi connectivity index (χ3n) is 4.75. The van der Waals surface area contributed by atoms with Crippen LogP contribution in [0, 0.1) is 0 Å². The summed E-state index contributed by atoms with van der Waals surface area (Å²) in [5.74, 6) is 0. The maximum atomic E-state index is 6.48. The third-order valence-corrected chi connectivity index (χ3v) is 4.75. The second-order valence-corrected chi connectivity index (χ2v) is 6.10. The topological polar surface area (TPSA) is 12.5 Å². The van der Waals surface area contributed by atoms with Crippen molar-refractivity contribution >= 4 is 17.5 Å². The molecule has 0 saturated heterocycles. The fraction of sp³-hybridized carbons (Fsp3) is 0.143. The first-order valence-corrected chi connectivity index (χ1v) is 8.09. The number of para-hydroxylation sites is 2. The van der Waals surface area contributed by atoms with E-state index >= 15 is 0 Å². The number of ether oxygens (including phenoxy) is 1. The lowest BCUT2D eigenvalue weighted by Crippen LogP contribution is -2.40. The predicted molar refractivity (Wildman–Crippen MR) is 93.5 cm³/mol. The summed E-state index contributed by atoms with van der Waals surface area (Å²) in [5.41, 5.74) is 6.20. The highest BCUT2D eigenvalue weighted by molar-refractivity contribution is 5.80. The van der Waals surface area contributed by atoms with E-state index in [0.29, 0.717) is 0 Å². The van der Waals surface area contributed by atoms with Gasteiger partial charge >= 0.3 is 0 Å². The van der Waals surface area contributed by atoms with Gasteiger partial charge in [-0.15, -0.1) is 0 Å². The van der Waals surface area contributed by atoms with Gasteiger partial charge in [0.05, 0.1) is 11.4 Å². The van der Waals surface area contributed by atoms with Crippen LogP contribution in [0.2, 0.25) is 0 Å². The summed E-state index contributed by atoms with van der Waals surface area (Å²) in [6, 6.07) is 17.1. The highest BCUT2D eigenvalue weighted by atomic mass is 16.5. The van der Waals surface area contributed by atoms with E-state index < -0.39 is 0 Å². The van der Waals surface area contributed by atoms with Gasteiger partial charge in [-0.1, -0.05) is 60.7 Å². The Bertz CT molecular complexity index is 862. The smallest absolute Gasteiger partial charge is 0.155 e. The van der Waals surface area contributed by atoms with Gasteiger partial charge in [0.1, 0.15) is 6.10 Å². The number of fused-ring (bicyclic) bond motifs is 5. The van der Waals surface area contributed by atoms with Crippen LogP contribution in [0.1, 0.15) is 23.7 Å². The number of nitrogens with zero attached hydrogens (tertiary/aromatic N) is 1. The van der Waals surface area contributed by atoms with Gasteiger partial charge in [0.25, 0.3) is 0 Å². The molecular weight excluding hydrogens is 282 g/mol. The van der Waals surface area contributed by atoms with Crippen LogP contribution in [-0.2, 0) is 4.74 Å². The van der Waals surface area contributed by atoms with Gasteiger partial charge in [-0.05, 0) is 35.8 Å². The summed E-state index contributed by atoms with van der Waals surface area (Å²) in [6.45, 7) is 0. The van der Waals surface area contributed by atoms with Crippen molar-refractivity contribution in [2.45, 2.75) is 18.8 Å². The average Bonchev–Trinajstić information content (AvgIpc) is 3.15. The molecule has 0 spiro atoms. The number of allylic oxidation sites excluding steroid dienone is 2. The van der Waals surface area contributed by atoms with Crippen LogP contribution >= 0.6 is 0 Å². The van der Waals surface area contributed by atoms with Crippen molar-refractivity contribution in [3.8, 4) is 0 Å². The van der Waals surface area contributed by atoms with E-state index in [-0.39, 0.29) is 12.3 Å². The zero-order valence-corrected chi connectivity index (χ0v) is 12.7. The van der Waals surface area contributed by atoms with Crippen LogP contribution < -0.4 is 4.90 Å². The highest BCUT2D eigenvalue weighted by Gasteiger charge is 2.36. The van der Waals surface area contributed by atoms with E-state index in [4.69, 9.17) is 4.74 Å². The Morgan fingerprint density at radius 1 is 0.913 bits per heavy atom. The minimum absolute atomic E-state index is 0.0149. The molecule has 23 heavy (non-hydrogen) atoms. The van der Waals surface area contributed by atoms with E-state index in [1.54, 1.807) is 0 Å². The second kappa shape index (κ2) is 4.97. The molecule has 112 valence electrons. The largest absolute Gasteiger partial charge is 0.342 e. The maximum Gasteiger partial charge on any atom is 0.155 e. The van der Waals surface area contributed by atoms with Gasteiger partial charge in [-0.25, -0.2) is 0 Å². The molecule has 2 aliphatic heterocycles. The Morgan fingerprint density at radius 3 is 2.61 bits per heavy atom. The van der Waals surface area contributed by atoms with Crippen molar-refractivity contribution in [2.75, 3.05) is 4.90 Å². The Hall–Kier alpha value is -2.58. The second-order valence-electron chi connectivity index (χ2n) is 6.10. The van der Waals surface area contributed by atoms with Crippen LogP contribution in [0.15, 0.2) is 78.4 Å². The fourth-order valence-electron chi connectivity index (χ4n) is 3.70. The van der Waals surface area contributed by atoms with Crippen LogP contribution in [0.25, 0.3) is 6.08 Å². The van der Waals surface area contributed by atoms with E-state index in [0.717, 1.165) is 6.42 Å². The lowest BCUT2D eigenvalue weighted by molar-refractivity contribution is 0.0299. The SMILES string of the molecule is C1=CC([C@H]2O[C@H]3C=Cc4ccccc4N3c3ccccc32)=CC1. The molecule has 0 aromatic heterocycles. The monoisotopic (exact) mass is 299 g/mol. The molecule has 0 bridgehead atoms. The molecule has 0 amide bonds. The number of hydrogen-bond donors (Lipinski definition) is 0. The molecular formula is C21H17NO. The first-order valence-electron chi connectivity index (χ1n) is 8.09. The Morgan fingerprint density at radius 2 is 1.74 bits per heavy atom. The first kappa shape index (κ1) is 12.9. The number of anilines is 2. The zero-order valence-electron chi connectivity index (χ0n) is 12.7. The zero-order chi connectivity index (χ0) is 15.2. The van der Waals surface area contributed by atoms with E-state index in [2.05, 4.69) is 83.8 Å². The van der Waals surface area contributed by atoms with Gasteiger partial charge in [0.2, 0.25) is 0 Å². The summed E-state index contributed by atoms with van der Waals surface area (Å²) in [6.07, 6.45) is 11.9. The molecule has 3 aliphatic rings. The molecule has 2 aromatic carbocycles. The Labute approximate surface area is 136 Å². The lowest BCUT2D eigenvalue weighted by atomic mass is 9.95. The molecule has 0 fully saturated rings. The van der Waals surface area contributed by atoms with Crippen molar-refractivity contribution in [2.24, 2.45) is 0 Å². The molecule has 0 unspecified atom stereocenters. The van der Waals surface area contributed by atoms with Crippen LogP contribution in [0.4, 0.5) is 11.4 Å². The summed E-state index contributed by atoms with van der Waals surface area (Å²) in [4.78, 5) is 2.31. The summed E-state index contributed by atoms with van der Waals surface area (Å²) >= 11 is 0. The van der Waals surface area contributed by atoms with Gasteiger partial charge in [0.15, 0.2) is 6.23 Å². The standard InChI is InChI=1S/C21H17NO/c1-2-9-16(8-1)21-17-10-4-6-12-19(17)22-18-11-5-3-7-15(18)13-14-20(22)23-21/h1,3-14,20-21H,2H2/t20-,21+/m0/s1. The molecule has 2 aromatic rings. The molecule has 2 heteroatoms. The molecule has 0 N–H and O–H groups in total. The van der Waals surface area contributed by atoms with Crippen LogP contribution in [0.3, 0.4) is 0 Å².